The highest BCUT2D eigenvalue weighted by Gasteiger charge is 2.14. The highest BCUT2D eigenvalue weighted by Crippen LogP contribution is 2.31. The number of benzene rings is 1. The van der Waals surface area contributed by atoms with E-state index in [0.29, 0.717) is 16.6 Å². The van der Waals surface area contributed by atoms with Crippen LogP contribution in [-0.4, -0.2) is 28.2 Å². The molecular formula is C15H18Cl2N4OS. The largest absolute Gasteiger partial charge is 0.349 e. The van der Waals surface area contributed by atoms with Crippen molar-refractivity contribution in [2.24, 2.45) is 5.73 Å². The molecule has 1 heterocycles. The van der Waals surface area contributed by atoms with E-state index in [4.69, 9.17) is 17.3 Å². The molecule has 0 unspecified atom stereocenters. The van der Waals surface area contributed by atoms with Crippen LogP contribution in [0.5, 0.6) is 0 Å². The predicted octanol–water partition coefficient (Wildman–Crippen LogP) is 3.17. The third kappa shape index (κ3) is 6.35. The van der Waals surface area contributed by atoms with Gasteiger partial charge in [-0.25, -0.2) is 0 Å². The van der Waals surface area contributed by atoms with E-state index < -0.39 is 5.54 Å². The monoisotopic (exact) mass is 372 g/mol. The van der Waals surface area contributed by atoms with Gasteiger partial charge in [-0.3, -0.25) is 4.79 Å². The summed E-state index contributed by atoms with van der Waals surface area (Å²) in [7, 11) is 0. The second-order valence-corrected chi connectivity index (χ2v) is 6.93. The van der Waals surface area contributed by atoms with Crippen LogP contribution in [0.15, 0.2) is 46.3 Å². The lowest BCUT2D eigenvalue weighted by Gasteiger charge is -2.18. The first-order valence-corrected chi connectivity index (χ1v) is 7.88. The van der Waals surface area contributed by atoms with Gasteiger partial charge >= 0.3 is 0 Å². The third-order valence-corrected chi connectivity index (χ3v) is 4.07. The molecule has 1 aromatic heterocycles. The Morgan fingerprint density at radius 3 is 2.52 bits per heavy atom. The molecule has 0 aliphatic carbocycles. The maximum Gasteiger partial charge on any atom is 0.271 e. The van der Waals surface area contributed by atoms with E-state index in [2.05, 4.69) is 15.5 Å². The molecule has 2 rings (SSSR count). The van der Waals surface area contributed by atoms with E-state index in [0.717, 1.165) is 4.90 Å². The Hall–Kier alpha value is -1.34. The lowest BCUT2D eigenvalue weighted by Crippen LogP contribution is -2.45. The van der Waals surface area contributed by atoms with Crippen molar-refractivity contribution in [1.29, 1.82) is 0 Å². The van der Waals surface area contributed by atoms with Gasteiger partial charge in [-0.2, -0.15) is 0 Å². The number of amides is 1. The van der Waals surface area contributed by atoms with Crippen LogP contribution in [0.4, 0.5) is 0 Å². The molecule has 0 spiro atoms. The first-order valence-electron chi connectivity index (χ1n) is 6.68. The SMILES string of the molecule is CC(C)(N)CNC(=O)c1ccc(Sc2ccccc2Cl)nn1.Cl. The van der Waals surface area contributed by atoms with Gasteiger partial charge in [0, 0.05) is 17.0 Å². The molecule has 23 heavy (non-hydrogen) atoms. The van der Waals surface area contributed by atoms with E-state index in [1.807, 2.05) is 38.1 Å². The Morgan fingerprint density at radius 1 is 1.26 bits per heavy atom. The topological polar surface area (TPSA) is 80.9 Å². The molecule has 0 saturated heterocycles. The molecule has 0 fully saturated rings. The molecule has 5 nitrogen and oxygen atoms in total. The summed E-state index contributed by atoms with van der Waals surface area (Å²) in [5.41, 5.74) is 5.61. The fourth-order valence-electron chi connectivity index (χ4n) is 1.53. The lowest BCUT2D eigenvalue weighted by atomic mass is 10.1. The summed E-state index contributed by atoms with van der Waals surface area (Å²) in [5, 5.41) is 12.0. The van der Waals surface area contributed by atoms with Gasteiger partial charge < -0.3 is 11.1 Å². The van der Waals surface area contributed by atoms with Crippen molar-refractivity contribution >= 4 is 41.7 Å². The average molecular weight is 373 g/mol. The maximum atomic E-state index is 11.9. The van der Waals surface area contributed by atoms with Crippen LogP contribution in [0.25, 0.3) is 0 Å². The first-order chi connectivity index (χ1) is 10.3. The summed E-state index contributed by atoms with van der Waals surface area (Å²) in [5.74, 6) is -0.291. The summed E-state index contributed by atoms with van der Waals surface area (Å²) < 4.78 is 0. The molecule has 124 valence electrons. The number of nitrogens with one attached hydrogen (secondary N) is 1. The van der Waals surface area contributed by atoms with E-state index in [1.165, 1.54) is 11.8 Å². The fourth-order valence-corrected chi connectivity index (χ4v) is 2.54. The van der Waals surface area contributed by atoms with Gasteiger partial charge in [0.1, 0.15) is 5.03 Å². The second kappa shape index (κ2) is 8.49. The Morgan fingerprint density at radius 2 is 1.96 bits per heavy atom. The van der Waals surface area contributed by atoms with Crippen molar-refractivity contribution in [2.75, 3.05) is 6.54 Å². The molecule has 1 aromatic carbocycles. The summed E-state index contributed by atoms with van der Waals surface area (Å²) >= 11 is 7.49. The van der Waals surface area contributed by atoms with Gasteiger partial charge in [-0.1, -0.05) is 35.5 Å². The standard InChI is InChI=1S/C15H17ClN4OS.ClH/c1-15(2,17)9-18-14(21)11-7-8-13(20-19-11)22-12-6-4-3-5-10(12)16;/h3-8H,9,17H2,1-2H3,(H,18,21);1H. The number of carbonyl (C=O) groups is 1. The van der Waals surface area contributed by atoms with E-state index in [1.54, 1.807) is 12.1 Å². The Labute approximate surface area is 150 Å². The van der Waals surface area contributed by atoms with Crippen LogP contribution < -0.4 is 11.1 Å². The van der Waals surface area contributed by atoms with Crippen molar-refractivity contribution in [3.63, 3.8) is 0 Å². The number of carbonyl (C=O) groups excluding carboxylic acids is 1. The summed E-state index contributed by atoms with van der Waals surface area (Å²) in [6.45, 7) is 4.04. The summed E-state index contributed by atoms with van der Waals surface area (Å²) in [4.78, 5) is 12.8. The van der Waals surface area contributed by atoms with Crippen LogP contribution >= 0.6 is 35.8 Å². The van der Waals surface area contributed by atoms with Crippen LogP contribution in [0, 0.1) is 0 Å². The van der Waals surface area contributed by atoms with Gasteiger partial charge in [0.15, 0.2) is 5.69 Å². The van der Waals surface area contributed by atoms with Gasteiger partial charge in [-0.05, 0) is 38.1 Å². The zero-order valence-electron chi connectivity index (χ0n) is 12.7. The Balaban J connectivity index is 0.00000264. The van der Waals surface area contributed by atoms with Crippen LogP contribution in [0.3, 0.4) is 0 Å². The third-order valence-electron chi connectivity index (χ3n) is 2.63. The molecule has 8 heteroatoms. The number of hydrogen-bond donors (Lipinski definition) is 2. The van der Waals surface area contributed by atoms with Crippen LogP contribution in [0.1, 0.15) is 24.3 Å². The van der Waals surface area contributed by atoms with Gasteiger partial charge in [-0.15, -0.1) is 22.6 Å². The first kappa shape index (κ1) is 19.7. The van der Waals surface area contributed by atoms with E-state index >= 15 is 0 Å². The quantitative estimate of drug-likeness (QED) is 0.842. The minimum atomic E-state index is -0.469. The maximum absolute atomic E-state index is 11.9. The van der Waals surface area contributed by atoms with E-state index in [9.17, 15) is 4.79 Å². The molecule has 0 saturated carbocycles. The average Bonchev–Trinajstić information content (AvgIpc) is 2.47. The van der Waals surface area contributed by atoms with Gasteiger partial charge in [0.05, 0.1) is 5.02 Å². The Kier molecular flexibility index (Phi) is 7.28. The normalized spacial score (nSPS) is 10.8. The minimum Gasteiger partial charge on any atom is -0.349 e. The highest BCUT2D eigenvalue weighted by molar-refractivity contribution is 7.99. The zero-order valence-corrected chi connectivity index (χ0v) is 15.1. The van der Waals surface area contributed by atoms with Crippen molar-refractivity contribution in [3.05, 3.63) is 47.1 Å². The van der Waals surface area contributed by atoms with Crippen LogP contribution in [0.2, 0.25) is 5.02 Å². The molecule has 2 aromatic rings. The molecule has 0 bridgehead atoms. The number of rotatable bonds is 5. The van der Waals surface area contributed by atoms with Gasteiger partial charge in [0.2, 0.25) is 0 Å². The lowest BCUT2D eigenvalue weighted by molar-refractivity contribution is 0.0939. The highest BCUT2D eigenvalue weighted by atomic mass is 35.5. The van der Waals surface area contributed by atoms with Crippen molar-refractivity contribution < 1.29 is 4.79 Å². The van der Waals surface area contributed by atoms with Crippen molar-refractivity contribution in [3.8, 4) is 0 Å². The van der Waals surface area contributed by atoms with Gasteiger partial charge in [0.25, 0.3) is 5.91 Å². The molecule has 0 aliphatic rings. The van der Waals surface area contributed by atoms with E-state index in [-0.39, 0.29) is 24.0 Å². The van der Waals surface area contributed by atoms with Crippen LogP contribution in [-0.2, 0) is 0 Å². The number of nitrogens with zero attached hydrogens (tertiary/aromatic N) is 2. The smallest absolute Gasteiger partial charge is 0.271 e. The number of aromatic nitrogens is 2. The second-order valence-electron chi connectivity index (χ2n) is 5.46. The molecule has 1 amide bonds. The predicted molar refractivity (Wildman–Crippen MR) is 95.5 cm³/mol. The number of halogens is 2. The molecular weight excluding hydrogens is 355 g/mol. The summed E-state index contributed by atoms with van der Waals surface area (Å²) in [6, 6.07) is 10.9. The molecule has 3 N–H and O–H groups in total. The fraction of sp³-hybridized carbons (Fsp3) is 0.267. The number of hydrogen-bond acceptors (Lipinski definition) is 5. The summed E-state index contributed by atoms with van der Waals surface area (Å²) in [6.07, 6.45) is 0. The molecule has 0 atom stereocenters. The molecule has 0 radical (unpaired) electrons. The molecule has 0 aliphatic heterocycles. The number of nitrogens with two attached hydrogens (primary N) is 1. The minimum absolute atomic E-state index is 0. The Bertz CT molecular complexity index is 659. The van der Waals surface area contributed by atoms with Crippen molar-refractivity contribution in [2.45, 2.75) is 29.3 Å². The zero-order chi connectivity index (χ0) is 16.2. The van der Waals surface area contributed by atoms with Crippen molar-refractivity contribution in [1.82, 2.24) is 15.5 Å².